The van der Waals surface area contributed by atoms with Crippen LogP contribution in [0, 0.1) is 0 Å². The third-order valence-corrected chi connectivity index (χ3v) is 5.67. The molecular weight excluding hydrogens is 454 g/mol. The first-order valence-electron chi connectivity index (χ1n) is 8.53. The highest BCUT2D eigenvalue weighted by molar-refractivity contribution is 7.52. The number of phosphoric ester groups is 1. The summed E-state index contributed by atoms with van der Waals surface area (Å²) < 4.78 is 37.4. The SMILES string of the molecule is CC(=O)N[C@H]1[C@H](OP(=O)(O)O)O[C@H](CO)[C@@H](O)[C@@H]1O[C@H](C)C(=O)N[C@@H](C)P(=O)(O)O. The van der Waals surface area contributed by atoms with Gasteiger partial charge >= 0.3 is 15.4 Å². The molecule has 30 heavy (non-hydrogen) atoms. The van der Waals surface area contributed by atoms with Gasteiger partial charge in [-0.1, -0.05) is 0 Å². The lowest BCUT2D eigenvalue weighted by molar-refractivity contribution is -0.261. The second-order valence-electron chi connectivity index (χ2n) is 6.55. The summed E-state index contributed by atoms with van der Waals surface area (Å²) in [6, 6.07) is -1.53. The Morgan fingerprint density at radius 1 is 1.17 bits per heavy atom. The summed E-state index contributed by atoms with van der Waals surface area (Å²) in [5.41, 5.74) is 0. The minimum atomic E-state index is -5.15. The van der Waals surface area contributed by atoms with E-state index < -0.39 is 76.4 Å². The Labute approximate surface area is 171 Å². The highest BCUT2D eigenvalue weighted by Crippen LogP contribution is 2.41. The highest BCUT2D eigenvalue weighted by Gasteiger charge is 2.49. The van der Waals surface area contributed by atoms with Crippen molar-refractivity contribution in [3.63, 3.8) is 0 Å². The van der Waals surface area contributed by atoms with Gasteiger partial charge in [0.05, 0.1) is 6.61 Å². The number of hydrogen-bond donors (Lipinski definition) is 8. The van der Waals surface area contributed by atoms with Gasteiger partial charge in [-0.25, -0.2) is 4.57 Å². The van der Waals surface area contributed by atoms with Crippen LogP contribution in [0.3, 0.4) is 0 Å². The number of nitrogens with one attached hydrogen (secondary N) is 2. The molecule has 0 unspecified atom stereocenters. The third-order valence-electron chi connectivity index (χ3n) is 4.05. The van der Waals surface area contributed by atoms with E-state index in [1.54, 1.807) is 0 Å². The molecular formula is C13H26N2O13P2. The van der Waals surface area contributed by atoms with Crippen molar-refractivity contribution in [1.82, 2.24) is 10.6 Å². The van der Waals surface area contributed by atoms with E-state index in [1.807, 2.05) is 5.32 Å². The van der Waals surface area contributed by atoms with E-state index in [2.05, 4.69) is 9.84 Å². The van der Waals surface area contributed by atoms with Crippen LogP contribution in [0.1, 0.15) is 20.8 Å². The summed E-state index contributed by atoms with van der Waals surface area (Å²) >= 11 is 0. The van der Waals surface area contributed by atoms with E-state index in [4.69, 9.17) is 29.0 Å². The maximum absolute atomic E-state index is 12.2. The van der Waals surface area contributed by atoms with Crippen molar-refractivity contribution in [2.75, 3.05) is 6.61 Å². The number of phosphoric acid groups is 1. The average Bonchev–Trinajstić information content (AvgIpc) is 2.57. The highest BCUT2D eigenvalue weighted by atomic mass is 31.2. The molecule has 0 aliphatic carbocycles. The first-order chi connectivity index (χ1) is 13.6. The third kappa shape index (κ3) is 7.94. The van der Waals surface area contributed by atoms with Crippen LogP contribution in [-0.2, 0) is 32.7 Å². The van der Waals surface area contributed by atoms with E-state index in [0.29, 0.717) is 0 Å². The van der Waals surface area contributed by atoms with Gasteiger partial charge in [-0.2, -0.15) is 0 Å². The van der Waals surface area contributed by atoms with Crippen LogP contribution in [0.15, 0.2) is 0 Å². The lowest BCUT2D eigenvalue weighted by Crippen LogP contribution is -2.66. The van der Waals surface area contributed by atoms with E-state index in [0.717, 1.165) is 13.8 Å². The molecule has 0 spiro atoms. The van der Waals surface area contributed by atoms with Gasteiger partial charge < -0.3 is 49.9 Å². The number of aliphatic hydroxyl groups is 2. The van der Waals surface area contributed by atoms with Crippen LogP contribution >= 0.6 is 15.4 Å². The minimum absolute atomic E-state index is 0.724. The van der Waals surface area contributed by atoms with Gasteiger partial charge in [0.15, 0.2) is 6.29 Å². The average molecular weight is 480 g/mol. The molecule has 0 bridgehead atoms. The maximum atomic E-state index is 12.2. The zero-order valence-electron chi connectivity index (χ0n) is 16.2. The lowest BCUT2D eigenvalue weighted by Gasteiger charge is -2.44. The molecule has 1 aliphatic heterocycles. The predicted molar refractivity (Wildman–Crippen MR) is 96.5 cm³/mol. The Balaban J connectivity index is 3.11. The summed E-state index contributed by atoms with van der Waals surface area (Å²) in [7, 11) is -9.79. The van der Waals surface area contributed by atoms with Crippen LogP contribution in [0.2, 0.25) is 0 Å². The van der Waals surface area contributed by atoms with Crippen molar-refractivity contribution in [3.05, 3.63) is 0 Å². The number of hydrogen-bond acceptors (Lipinski definition) is 9. The smallest absolute Gasteiger partial charge is 0.394 e. The Hall–Kier alpha value is -0.960. The zero-order chi connectivity index (χ0) is 23.4. The summed E-state index contributed by atoms with van der Waals surface area (Å²) in [6.07, 6.45) is -8.03. The molecule has 7 atom stereocenters. The van der Waals surface area contributed by atoms with Crippen LogP contribution in [0.5, 0.6) is 0 Å². The topological polar surface area (TPSA) is 241 Å². The molecule has 1 saturated heterocycles. The summed E-state index contributed by atoms with van der Waals surface area (Å²) in [4.78, 5) is 60.0. The molecule has 1 fully saturated rings. The Bertz CT molecular complexity index is 709. The van der Waals surface area contributed by atoms with Crippen LogP contribution < -0.4 is 10.6 Å². The minimum Gasteiger partial charge on any atom is -0.394 e. The van der Waals surface area contributed by atoms with Crippen molar-refractivity contribution in [2.24, 2.45) is 0 Å². The Kier molecular flexibility index (Phi) is 9.54. The molecule has 0 saturated carbocycles. The molecule has 0 radical (unpaired) electrons. The largest absolute Gasteiger partial charge is 0.472 e. The first-order valence-corrected chi connectivity index (χ1v) is 11.7. The second-order valence-corrected chi connectivity index (χ2v) is 9.70. The van der Waals surface area contributed by atoms with Crippen molar-refractivity contribution in [3.8, 4) is 0 Å². The molecule has 176 valence electrons. The molecule has 1 aliphatic rings. The van der Waals surface area contributed by atoms with Crippen molar-refractivity contribution in [1.29, 1.82) is 0 Å². The second kappa shape index (κ2) is 10.6. The van der Waals surface area contributed by atoms with Gasteiger partial charge in [-0.05, 0) is 13.8 Å². The first kappa shape index (κ1) is 27.1. The molecule has 0 aromatic rings. The fourth-order valence-corrected chi connectivity index (χ4v) is 3.29. The Morgan fingerprint density at radius 3 is 2.17 bits per heavy atom. The molecule has 15 nitrogen and oxygen atoms in total. The number of amides is 2. The van der Waals surface area contributed by atoms with Gasteiger partial charge in [0.1, 0.15) is 36.2 Å². The summed E-state index contributed by atoms with van der Waals surface area (Å²) in [5.74, 6) is -3.25. The lowest BCUT2D eigenvalue weighted by atomic mass is 9.96. The molecule has 8 N–H and O–H groups in total. The van der Waals surface area contributed by atoms with E-state index in [1.165, 1.54) is 6.92 Å². The molecule has 1 rings (SSSR count). The molecule has 0 aromatic carbocycles. The van der Waals surface area contributed by atoms with Crippen LogP contribution in [-0.4, -0.2) is 90.7 Å². The van der Waals surface area contributed by atoms with Crippen molar-refractivity contribution >= 4 is 27.2 Å². The standard InChI is InChI=1S/C13H26N2O13P2/c1-5(12(19)15-7(3)29(20,21)22)26-11-9(14-6(2)17)13(28-30(23,24)25)27-8(4-16)10(11)18/h5,7-11,13,16,18H,4H2,1-3H3,(H,14,17)(H,15,19)(H2,20,21,22)(H2,23,24,25)/t5-,7-,8-,9-,10-,11-,13+/m1/s1. The van der Waals surface area contributed by atoms with Gasteiger partial charge in [-0.15, -0.1) is 0 Å². The van der Waals surface area contributed by atoms with Gasteiger partial charge in [0.2, 0.25) is 11.8 Å². The summed E-state index contributed by atoms with van der Waals surface area (Å²) in [5, 5.41) is 24.0. The normalized spacial score (nSPS) is 29.7. The maximum Gasteiger partial charge on any atom is 0.472 e. The molecule has 17 heteroatoms. The number of carbonyl (C=O) groups excluding carboxylic acids is 2. The molecule has 2 amide bonds. The quantitative estimate of drug-likeness (QED) is 0.155. The fourth-order valence-electron chi connectivity index (χ4n) is 2.55. The fraction of sp³-hybridized carbons (Fsp3) is 0.846. The van der Waals surface area contributed by atoms with Crippen LogP contribution in [0.4, 0.5) is 0 Å². The van der Waals surface area contributed by atoms with Crippen LogP contribution in [0.25, 0.3) is 0 Å². The summed E-state index contributed by atoms with van der Waals surface area (Å²) in [6.45, 7) is 2.45. The molecule has 1 heterocycles. The zero-order valence-corrected chi connectivity index (χ0v) is 18.0. The van der Waals surface area contributed by atoms with Crippen molar-refractivity contribution < 1.29 is 62.5 Å². The molecule has 0 aromatic heterocycles. The van der Waals surface area contributed by atoms with Gasteiger partial charge in [-0.3, -0.25) is 18.7 Å². The number of aliphatic hydroxyl groups excluding tert-OH is 2. The number of ether oxygens (including phenoxy) is 2. The van der Waals surface area contributed by atoms with Gasteiger partial charge in [0.25, 0.3) is 0 Å². The number of carbonyl (C=O) groups is 2. The Morgan fingerprint density at radius 2 is 1.73 bits per heavy atom. The van der Waals surface area contributed by atoms with E-state index >= 15 is 0 Å². The predicted octanol–water partition coefficient (Wildman–Crippen LogP) is -2.91. The van der Waals surface area contributed by atoms with Gasteiger partial charge in [0, 0.05) is 6.92 Å². The van der Waals surface area contributed by atoms with Crippen molar-refractivity contribution in [2.45, 2.75) is 63.3 Å². The monoisotopic (exact) mass is 480 g/mol. The van der Waals surface area contributed by atoms with E-state index in [9.17, 15) is 28.9 Å². The number of rotatable bonds is 9. The van der Waals surface area contributed by atoms with E-state index in [-0.39, 0.29) is 0 Å².